The third-order valence-corrected chi connectivity index (χ3v) is 6.43. The Balaban J connectivity index is 1.43. The summed E-state index contributed by atoms with van der Waals surface area (Å²) in [4.78, 5) is 14.9. The highest BCUT2D eigenvalue weighted by Crippen LogP contribution is 2.44. The molecule has 2 aliphatic heterocycles. The molecule has 1 saturated heterocycles. The molecule has 1 amide bonds. The molecule has 0 aliphatic carbocycles. The lowest BCUT2D eigenvalue weighted by Gasteiger charge is -2.46. The molecule has 0 atom stereocenters. The minimum absolute atomic E-state index is 0.0694. The normalized spacial score (nSPS) is 16.7. The van der Waals surface area contributed by atoms with Crippen molar-refractivity contribution in [3.63, 3.8) is 0 Å². The molecule has 0 saturated carbocycles. The van der Waals surface area contributed by atoms with Crippen LogP contribution in [0.25, 0.3) is 5.69 Å². The number of aryl methyl sites for hydroxylation is 1. The first-order valence-corrected chi connectivity index (χ1v) is 10.6. The second-order valence-electron chi connectivity index (χ2n) is 7.84. The fourth-order valence-corrected chi connectivity index (χ4v) is 4.91. The van der Waals surface area contributed by atoms with Crippen molar-refractivity contribution in [3.05, 3.63) is 59.1 Å². The van der Waals surface area contributed by atoms with Crippen LogP contribution < -0.4 is 10.1 Å². The van der Waals surface area contributed by atoms with E-state index < -0.39 is 0 Å². The van der Waals surface area contributed by atoms with Gasteiger partial charge in [-0.05, 0) is 44.0 Å². The SMILES string of the molecule is CCOc1ccc2c(c1)NC1(CCN(C(=O)c3c(Cl)cnn3C)CC1)c1cccn1-2. The van der Waals surface area contributed by atoms with Crippen LogP contribution in [0.3, 0.4) is 0 Å². The Bertz CT molecular complexity index is 1090. The molecule has 7 nitrogen and oxygen atoms in total. The van der Waals surface area contributed by atoms with Crippen molar-refractivity contribution in [1.82, 2.24) is 19.2 Å². The molecule has 8 heteroatoms. The largest absolute Gasteiger partial charge is 0.494 e. The number of ether oxygens (including phenoxy) is 1. The summed E-state index contributed by atoms with van der Waals surface area (Å²) in [7, 11) is 1.74. The molecule has 1 N–H and O–H groups in total. The fraction of sp³-hybridized carbons (Fsp3) is 0.364. The molecule has 3 aromatic rings. The summed E-state index contributed by atoms with van der Waals surface area (Å²) in [5, 5.41) is 8.28. The number of nitrogens with one attached hydrogen (secondary N) is 1. The van der Waals surface area contributed by atoms with E-state index in [2.05, 4.69) is 45.4 Å². The number of hydrogen-bond donors (Lipinski definition) is 1. The summed E-state index contributed by atoms with van der Waals surface area (Å²) < 4.78 is 9.50. The Labute approximate surface area is 180 Å². The Morgan fingerprint density at radius 2 is 2.10 bits per heavy atom. The van der Waals surface area contributed by atoms with Gasteiger partial charge in [-0.15, -0.1) is 0 Å². The second-order valence-corrected chi connectivity index (χ2v) is 8.25. The number of carbonyl (C=O) groups is 1. The Morgan fingerprint density at radius 3 is 2.80 bits per heavy atom. The first-order chi connectivity index (χ1) is 14.5. The van der Waals surface area contributed by atoms with E-state index in [1.807, 2.05) is 17.9 Å². The van der Waals surface area contributed by atoms with Gasteiger partial charge in [0.15, 0.2) is 0 Å². The van der Waals surface area contributed by atoms with Crippen molar-refractivity contribution >= 4 is 23.2 Å². The van der Waals surface area contributed by atoms with Crippen LogP contribution in [-0.2, 0) is 12.6 Å². The predicted molar refractivity (Wildman–Crippen MR) is 116 cm³/mol. The van der Waals surface area contributed by atoms with Crippen molar-refractivity contribution in [1.29, 1.82) is 0 Å². The molecule has 1 aromatic carbocycles. The average molecular weight is 426 g/mol. The van der Waals surface area contributed by atoms with Crippen molar-refractivity contribution in [3.8, 4) is 11.4 Å². The quantitative estimate of drug-likeness (QED) is 0.692. The third kappa shape index (κ3) is 2.88. The summed E-state index contributed by atoms with van der Waals surface area (Å²) in [6.07, 6.45) is 5.22. The van der Waals surface area contributed by atoms with E-state index in [-0.39, 0.29) is 11.4 Å². The molecule has 5 rings (SSSR count). The highest BCUT2D eigenvalue weighted by atomic mass is 35.5. The smallest absolute Gasteiger partial charge is 0.273 e. The number of nitrogens with zero attached hydrogens (tertiary/aromatic N) is 4. The number of piperidine rings is 1. The molecule has 0 unspecified atom stereocenters. The van der Waals surface area contributed by atoms with Crippen LogP contribution in [-0.4, -0.2) is 44.9 Å². The molecule has 156 valence electrons. The molecular weight excluding hydrogens is 402 g/mol. The number of carbonyl (C=O) groups excluding carboxylic acids is 1. The Kier molecular flexibility index (Phi) is 4.50. The van der Waals surface area contributed by atoms with E-state index in [4.69, 9.17) is 16.3 Å². The van der Waals surface area contributed by atoms with Gasteiger partial charge in [-0.3, -0.25) is 9.48 Å². The third-order valence-electron chi connectivity index (χ3n) is 6.15. The lowest BCUT2D eigenvalue weighted by atomic mass is 9.82. The number of hydrogen-bond acceptors (Lipinski definition) is 4. The molecule has 30 heavy (non-hydrogen) atoms. The number of fused-ring (bicyclic) bond motifs is 4. The number of benzene rings is 1. The molecular formula is C22H24ClN5O2. The van der Waals surface area contributed by atoms with Gasteiger partial charge < -0.3 is 19.5 Å². The first kappa shape index (κ1) is 19.1. The molecule has 2 aliphatic rings. The van der Waals surface area contributed by atoms with Crippen LogP contribution in [0.2, 0.25) is 5.02 Å². The highest BCUT2D eigenvalue weighted by Gasteiger charge is 2.43. The highest BCUT2D eigenvalue weighted by molar-refractivity contribution is 6.33. The standard InChI is InChI=1S/C22H24ClN5O2/c1-3-30-15-6-7-18-17(13-15)25-22(19-5-4-10-28(18)19)8-11-27(12-9-22)21(29)20-16(23)14-24-26(20)2/h4-7,10,13-14,25H,3,8-9,11-12H2,1-2H3. The zero-order valence-corrected chi connectivity index (χ0v) is 17.8. The molecule has 4 heterocycles. The zero-order valence-electron chi connectivity index (χ0n) is 17.1. The van der Waals surface area contributed by atoms with Crippen molar-refractivity contribution in [2.75, 3.05) is 25.0 Å². The van der Waals surface area contributed by atoms with Crippen molar-refractivity contribution in [2.45, 2.75) is 25.3 Å². The van der Waals surface area contributed by atoms with Gasteiger partial charge in [-0.25, -0.2) is 0 Å². The van der Waals surface area contributed by atoms with Crippen LogP contribution in [0.15, 0.2) is 42.7 Å². The van der Waals surface area contributed by atoms with Crippen molar-refractivity contribution < 1.29 is 9.53 Å². The summed E-state index contributed by atoms with van der Waals surface area (Å²) in [6.45, 7) is 3.89. The van der Waals surface area contributed by atoms with E-state index in [0.29, 0.717) is 30.4 Å². The van der Waals surface area contributed by atoms with Crippen molar-refractivity contribution in [2.24, 2.45) is 7.05 Å². The second kappa shape index (κ2) is 7.09. The monoisotopic (exact) mass is 425 g/mol. The zero-order chi connectivity index (χ0) is 20.9. The molecule has 0 bridgehead atoms. The number of amides is 1. The van der Waals surface area contributed by atoms with E-state index in [1.165, 1.54) is 11.9 Å². The van der Waals surface area contributed by atoms with Gasteiger partial charge in [-0.1, -0.05) is 11.6 Å². The fourth-order valence-electron chi connectivity index (χ4n) is 4.66. The van der Waals surface area contributed by atoms with Gasteiger partial charge in [0, 0.05) is 38.1 Å². The van der Waals surface area contributed by atoms with Crippen LogP contribution in [0, 0.1) is 0 Å². The van der Waals surface area contributed by atoms with E-state index in [9.17, 15) is 4.79 Å². The van der Waals surface area contributed by atoms with Gasteiger partial charge in [-0.2, -0.15) is 5.10 Å². The van der Waals surface area contributed by atoms with Crippen LogP contribution in [0.5, 0.6) is 5.75 Å². The van der Waals surface area contributed by atoms with E-state index in [1.54, 1.807) is 11.7 Å². The van der Waals surface area contributed by atoms with Gasteiger partial charge in [0.25, 0.3) is 5.91 Å². The number of rotatable bonds is 3. The molecule has 2 aromatic heterocycles. The summed E-state index contributed by atoms with van der Waals surface area (Å²) in [5.41, 5.74) is 3.61. The van der Waals surface area contributed by atoms with Gasteiger partial charge in [0.2, 0.25) is 0 Å². The van der Waals surface area contributed by atoms with Crippen LogP contribution in [0.4, 0.5) is 5.69 Å². The lowest BCUT2D eigenvalue weighted by Crippen LogP contribution is -2.51. The van der Waals surface area contributed by atoms with Gasteiger partial charge in [0.1, 0.15) is 11.4 Å². The lowest BCUT2D eigenvalue weighted by molar-refractivity contribution is 0.0665. The maximum atomic E-state index is 13.0. The van der Waals surface area contributed by atoms with Crippen LogP contribution in [0.1, 0.15) is 35.9 Å². The maximum Gasteiger partial charge on any atom is 0.273 e. The molecule has 0 radical (unpaired) electrons. The average Bonchev–Trinajstić information content (AvgIpc) is 3.36. The number of aromatic nitrogens is 3. The topological polar surface area (TPSA) is 64.3 Å². The van der Waals surface area contributed by atoms with E-state index in [0.717, 1.165) is 30.0 Å². The van der Waals surface area contributed by atoms with Crippen LogP contribution >= 0.6 is 11.6 Å². The number of likely N-dealkylation sites (tertiary alicyclic amines) is 1. The number of halogens is 1. The first-order valence-electron chi connectivity index (χ1n) is 10.2. The van der Waals surface area contributed by atoms with E-state index >= 15 is 0 Å². The maximum absolute atomic E-state index is 13.0. The Morgan fingerprint density at radius 1 is 1.30 bits per heavy atom. The predicted octanol–water partition coefficient (Wildman–Crippen LogP) is 3.82. The van der Waals surface area contributed by atoms with Gasteiger partial charge >= 0.3 is 0 Å². The minimum atomic E-state index is -0.228. The summed E-state index contributed by atoms with van der Waals surface area (Å²) >= 11 is 6.19. The van der Waals surface area contributed by atoms with Gasteiger partial charge in [0.05, 0.1) is 34.7 Å². The minimum Gasteiger partial charge on any atom is -0.494 e. The molecule has 1 fully saturated rings. The molecule has 1 spiro atoms. The number of anilines is 1. The summed E-state index contributed by atoms with van der Waals surface area (Å²) in [6, 6.07) is 10.4. The summed E-state index contributed by atoms with van der Waals surface area (Å²) in [5.74, 6) is 0.785. The Hall–Kier alpha value is -2.93.